The van der Waals surface area contributed by atoms with Gasteiger partial charge in [0.15, 0.2) is 5.76 Å². The molecule has 1 aliphatic rings. The zero-order valence-electron chi connectivity index (χ0n) is 18.9. The first-order valence-corrected chi connectivity index (χ1v) is 11.4. The van der Waals surface area contributed by atoms with Crippen molar-refractivity contribution in [1.82, 2.24) is 10.3 Å². The average Bonchev–Trinajstić information content (AvgIpc) is 3.60. The minimum atomic E-state index is -0.224. The number of carbonyl (C=O) groups is 2. The Bertz CT molecular complexity index is 1340. The number of hydrogen-bond acceptors (Lipinski definition) is 4. The molecule has 6 heteroatoms. The molecule has 1 aromatic heterocycles. The molecule has 1 fully saturated rings. The van der Waals surface area contributed by atoms with Crippen molar-refractivity contribution >= 4 is 17.5 Å². The predicted octanol–water partition coefficient (Wildman–Crippen LogP) is 5.60. The van der Waals surface area contributed by atoms with Crippen LogP contribution in [-0.2, 0) is 11.3 Å². The van der Waals surface area contributed by atoms with Crippen molar-refractivity contribution in [1.29, 1.82) is 0 Å². The third kappa shape index (κ3) is 4.91. The normalized spacial score (nSPS) is 12.9. The third-order valence-corrected chi connectivity index (χ3v) is 5.84. The number of nitrogens with one attached hydrogen (secondary N) is 2. The van der Waals surface area contributed by atoms with E-state index in [1.807, 2.05) is 73.7 Å². The minimum Gasteiger partial charge on any atom is -0.436 e. The van der Waals surface area contributed by atoms with Crippen LogP contribution < -0.4 is 10.6 Å². The smallest absolute Gasteiger partial charge is 0.252 e. The van der Waals surface area contributed by atoms with Gasteiger partial charge in [0, 0.05) is 29.3 Å². The van der Waals surface area contributed by atoms with E-state index in [2.05, 4.69) is 15.6 Å². The molecular weight excluding hydrogens is 426 g/mol. The fraction of sp³-hybridized carbons (Fsp3) is 0.179. The SMILES string of the molecule is Cc1ccc(-c2cnc(-c3ccccc3C(=O)NCc3cccc(NC(=O)C4CC4)c3)o2)cc1. The number of hydrogen-bond donors (Lipinski definition) is 2. The molecule has 2 amide bonds. The number of aryl methyl sites for hydroxylation is 1. The summed E-state index contributed by atoms with van der Waals surface area (Å²) in [6.07, 6.45) is 3.59. The molecule has 0 spiro atoms. The van der Waals surface area contributed by atoms with Crippen molar-refractivity contribution in [3.63, 3.8) is 0 Å². The van der Waals surface area contributed by atoms with Gasteiger partial charge in [-0.25, -0.2) is 4.98 Å². The van der Waals surface area contributed by atoms with E-state index in [1.54, 1.807) is 12.3 Å². The number of aromatic nitrogens is 1. The van der Waals surface area contributed by atoms with E-state index in [1.165, 1.54) is 5.56 Å². The molecule has 5 rings (SSSR count). The van der Waals surface area contributed by atoms with Crippen molar-refractivity contribution < 1.29 is 14.0 Å². The van der Waals surface area contributed by atoms with Gasteiger partial charge >= 0.3 is 0 Å². The number of nitrogens with zero attached hydrogens (tertiary/aromatic N) is 1. The Labute approximate surface area is 198 Å². The largest absolute Gasteiger partial charge is 0.436 e. The molecule has 0 atom stereocenters. The Balaban J connectivity index is 1.29. The summed E-state index contributed by atoms with van der Waals surface area (Å²) in [6.45, 7) is 2.37. The molecule has 0 bridgehead atoms. The van der Waals surface area contributed by atoms with Crippen LogP contribution in [0.1, 0.15) is 34.3 Å². The monoisotopic (exact) mass is 451 g/mol. The van der Waals surface area contributed by atoms with E-state index in [9.17, 15) is 9.59 Å². The molecule has 170 valence electrons. The zero-order valence-corrected chi connectivity index (χ0v) is 18.9. The highest BCUT2D eigenvalue weighted by atomic mass is 16.4. The first kappa shape index (κ1) is 21.6. The predicted molar refractivity (Wildman–Crippen MR) is 131 cm³/mol. The van der Waals surface area contributed by atoms with Crippen LogP contribution in [0.4, 0.5) is 5.69 Å². The maximum Gasteiger partial charge on any atom is 0.252 e. The first-order chi connectivity index (χ1) is 16.6. The van der Waals surface area contributed by atoms with Gasteiger partial charge in [-0.2, -0.15) is 0 Å². The number of oxazole rings is 1. The Kier molecular flexibility index (Phi) is 5.95. The minimum absolute atomic E-state index is 0.0612. The molecule has 34 heavy (non-hydrogen) atoms. The van der Waals surface area contributed by atoms with Crippen LogP contribution in [0.2, 0.25) is 0 Å². The van der Waals surface area contributed by atoms with Crippen molar-refractivity contribution in [2.24, 2.45) is 5.92 Å². The second-order valence-electron chi connectivity index (χ2n) is 8.59. The van der Waals surface area contributed by atoms with Gasteiger partial charge < -0.3 is 15.1 Å². The third-order valence-electron chi connectivity index (χ3n) is 5.84. The zero-order chi connectivity index (χ0) is 23.5. The van der Waals surface area contributed by atoms with Crippen LogP contribution in [0.5, 0.6) is 0 Å². The summed E-state index contributed by atoms with van der Waals surface area (Å²) >= 11 is 0. The quantitative estimate of drug-likeness (QED) is 0.383. The maximum atomic E-state index is 13.0. The Morgan fingerprint density at radius 1 is 1.00 bits per heavy atom. The summed E-state index contributed by atoms with van der Waals surface area (Å²) in [7, 11) is 0. The van der Waals surface area contributed by atoms with E-state index in [-0.39, 0.29) is 17.7 Å². The number of amides is 2. The van der Waals surface area contributed by atoms with Gasteiger partial charge in [-0.05, 0) is 49.6 Å². The summed E-state index contributed by atoms with van der Waals surface area (Å²) < 4.78 is 5.99. The molecule has 2 N–H and O–H groups in total. The Morgan fingerprint density at radius 3 is 2.59 bits per heavy atom. The lowest BCUT2D eigenvalue weighted by atomic mass is 10.1. The highest BCUT2D eigenvalue weighted by molar-refractivity contribution is 6.00. The van der Waals surface area contributed by atoms with Crippen LogP contribution in [0.15, 0.2) is 83.4 Å². The number of rotatable bonds is 7. The molecule has 3 aromatic carbocycles. The molecular formula is C28H25N3O3. The average molecular weight is 452 g/mol. The van der Waals surface area contributed by atoms with E-state index in [0.29, 0.717) is 29.3 Å². The van der Waals surface area contributed by atoms with E-state index < -0.39 is 0 Å². The second-order valence-corrected chi connectivity index (χ2v) is 8.59. The fourth-order valence-electron chi connectivity index (χ4n) is 3.74. The molecule has 4 aromatic rings. The number of benzene rings is 3. The van der Waals surface area contributed by atoms with Gasteiger partial charge in [-0.15, -0.1) is 0 Å². The summed E-state index contributed by atoms with van der Waals surface area (Å²) in [6, 6.07) is 22.8. The molecule has 0 aliphatic heterocycles. The molecule has 0 saturated heterocycles. The molecule has 0 unspecified atom stereocenters. The van der Waals surface area contributed by atoms with Crippen LogP contribution in [0.3, 0.4) is 0 Å². The topological polar surface area (TPSA) is 84.2 Å². The lowest BCUT2D eigenvalue weighted by molar-refractivity contribution is -0.117. The summed E-state index contributed by atoms with van der Waals surface area (Å²) in [5.74, 6) is 1.02. The van der Waals surface area contributed by atoms with Crippen molar-refractivity contribution in [3.05, 3.63) is 95.7 Å². The van der Waals surface area contributed by atoms with Gasteiger partial charge in [0.2, 0.25) is 11.8 Å². The van der Waals surface area contributed by atoms with Gasteiger partial charge in [0.05, 0.1) is 11.8 Å². The molecule has 0 radical (unpaired) electrons. The highest BCUT2D eigenvalue weighted by Gasteiger charge is 2.29. The number of carbonyl (C=O) groups excluding carboxylic acids is 2. The van der Waals surface area contributed by atoms with Crippen LogP contribution in [0.25, 0.3) is 22.8 Å². The van der Waals surface area contributed by atoms with Crippen LogP contribution >= 0.6 is 0 Å². The lowest BCUT2D eigenvalue weighted by Gasteiger charge is -2.10. The molecule has 1 saturated carbocycles. The van der Waals surface area contributed by atoms with E-state index in [4.69, 9.17) is 4.42 Å². The van der Waals surface area contributed by atoms with Crippen molar-refractivity contribution in [2.75, 3.05) is 5.32 Å². The summed E-state index contributed by atoms with van der Waals surface area (Å²) in [5, 5.41) is 5.91. The standard InChI is InChI=1S/C28H25N3O3/c1-18-9-11-20(12-10-18)25-17-30-28(34-25)24-8-3-2-7-23(24)27(33)29-16-19-5-4-6-22(15-19)31-26(32)21-13-14-21/h2-12,15,17,21H,13-14,16H2,1H3,(H,29,33)(H,31,32). The first-order valence-electron chi connectivity index (χ1n) is 11.4. The van der Waals surface area contributed by atoms with Gasteiger partial charge in [0.25, 0.3) is 5.91 Å². The van der Waals surface area contributed by atoms with Gasteiger partial charge in [0.1, 0.15) is 0 Å². The Hall–Kier alpha value is -4.19. The summed E-state index contributed by atoms with van der Waals surface area (Å²) in [4.78, 5) is 29.5. The van der Waals surface area contributed by atoms with Gasteiger partial charge in [-0.3, -0.25) is 9.59 Å². The molecule has 1 aliphatic carbocycles. The van der Waals surface area contributed by atoms with Crippen molar-refractivity contribution in [2.45, 2.75) is 26.3 Å². The molecule has 1 heterocycles. The van der Waals surface area contributed by atoms with Crippen LogP contribution in [-0.4, -0.2) is 16.8 Å². The molecule has 6 nitrogen and oxygen atoms in total. The summed E-state index contributed by atoms with van der Waals surface area (Å²) in [5.41, 5.74) is 4.85. The van der Waals surface area contributed by atoms with E-state index >= 15 is 0 Å². The fourth-order valence-corrected chi connectivity index (χ4v) is 3.74. The van der Waals surface area contributed by atoms with Gasteiger partial charge in [-0.1, -0.05) is 54.1 Å². The van der Waals surface area contributed by atoms with Crippen molar-refractivity contribution in [3.8, 4) is 22.8 Å². The lowest BCUT2D eigenvalue weighted by Crippen LogP contribution is -2.23. The van der Waals surface area contributed by atoms with E-state index in [0.717, 1.165) is 29.7 Å². The van der Waals surface area contributed by atoms with Crippen LogP contribution in [0, 0.1) is 12.8 Å². The number of anilines is 1. The highest BCUT2D eigenvalue weighted by Crippen LogP contribution is 2.30. The maximum absolute atomic E-state index is 13.0. The Morgan fingerprint density at radius 2 is 1.79 bits per heavy atom. The second kappa shape index (κ2) is 9.35.